The first-order valence-corrected chi connectivity index (χ1v) is 25.7. The van der Waals surface area contributed by atoms with Crippen LogP contribution in [-0.2, 0) is 9.53 Å². The maximum atomic E-state index is 12.7. The van der Waals surface area contributed by atoms with Crippen LogP contribution >= 0.6 is 11.9 Å². The lowest BCUT2D eigenvalue weighted by Crippen LogP contribution is -2.40. The fourth-order valence-corrected chi connectivity index (χ4v) is 11.3. The van der Waals surface area contributed by atoms with Crippen molar-refractivity contribution < 1.29 is 9.53 Å². The molecule has 1 fully saturated rings. The van der Waals surface area contributed by atoms with Crippen molar-refractivity contribution in [3.05, 3.63) is 172 Å². The predicted octanol–water partition coefficient (Wildman–Crippen LogP) is 17.0. The van der Waals surface area contributed by atoms with E-state index in [1.807, 2.05) is 11.9 Å². The van der Waals surface area contributed by atoms with Crippen LogP contribution in [0.25, 0.3) is 10.8 Å². The number of nitrogens with one attached hydrogen (secondary N) is 1. The highest BCUT2D eigenvalue weighted by Crippen LogP contribution is 2.44. The number of rotatable bonds is 18. The van der Waals surface area contributed by atoms with Gasteiger partial charge < -0.3 is 19.3 Å². The number of benzene rings is 6. The number of fused-ring (bicyclic) bond motifs is 1. The smallest absolute Gasteiger partial charge is 0.333 e. The number of anilines is 4. The number of ether oxygens (including phenoxy) is 1. The van der Waals surface area contributed by atoms with Gasteiger partial charge in [0.1, 0.15) is 6.10 Å². The molecule has 352 valence electrons. The van der Waals surface area contributed by atoms with Crippen LogP contribution in [0.4, 0.5) is 22.7 Å². The molecule has 1 N–H and O–H groups in total. The van der Waals surface area contributed by atoms with Gasteiger partial charge in [-0.15, -0.1) is 0 Å². The molecular weight excluding hydrogens is 839 g/mol. The highest BCUT2D eigenvalue weighted by atomic mass is 32.2. The van der Waals surface area contributed by atoms with E-state index in [-0.39, 0.29) is 24.0 Å². The van der Waals surface area contributed by atoms with E-state index in [4.69, 9.17) is 4.74 Å². The monoisotopic (exact) mass is 914 g/mol. The molecule has 0 saturated heterocycles. The summed E-state index contributed by atoms with van der Waals surface area (Å²) in [5.74, 6) is 1.31. The summed E-state index contributed by atoms with van der Waals surface area (Å²) in [5.41, 5.74) is 14.6. The first kappa shape index (κ1) is 49.4. The van der Waals surface area contributed by atoms with Crippen LogP contribution in [0, 0.1) is 0 Å². The van der Waals surface area contributed by atoms with E-state index < -0.39 is 0 Å². The number of esters is 1. The summed E-state index contributed by atoms with van der Waals surface area (Å²) in [6.07, 6.45) is 4.76. The summed E-state index contributed by atoms with van der Waals surface area (Å²) in [7, 11) is 2.19. The number of carbonyl (C=O) groups is 1. The average Bonchev–Trinajstić information content (AvgIpc) is 3.32. The molecule has 0 bridgehead atoms. The standard InChI is InChI=1S/C61H75N3O2S/c1-13-38-64(59-48(39(2)3)22-18-23-49(59)40(4)5)47-34-30-45(31-35-47)58(44-28-32-46(33-29-44)63(12)67-60-50(41(6)7)24-19-25-51(60)42(8)9)54-36-37-55(53-21-15-14-20-52(53)54)62-56-26-16-17-27-57(56)66-61(65)43(10)11/h14-15,18-25,28-37,39-42,56-58,62H,10,13,16-17,26-27,38H2,1-9,11-12H3. The normalized spacial score (nSPS) is 15.6. The van der Waals surface area contributed by atoms with Crippen molar-refractivity contribution in [1.82, 2.24) is 0 Å². The Morgan fingerprint density at radius 1 is 0.657 bits per heavy atom. The quantitative estimate of drug-likeness (QED) is 0.0401. The van der Waals surface area contributed by atoms with E-state index in [9.17, 15) is 4.79 Å². The summed E-state index contributed by atoms with van der Waals surface area (Å²) in [4.78, 5) is 16.6. The van der Waals surface area contributed by atoms with Crippen LogP contribution in [0.3, 0.4) is 0 Å². The molecule has 67 heavy (non-hydrogen) atoms. The first-order valence-electron chi connectivity index (χ1n) is 25.0. The summed E-state index contributed by atoms with van der Waals surface area (Å²) in [6, 6.07) is 45.7. The summed E-state index contributed by atoms with van der Waals surface area (Å²) in [6.45, 7) is 27.2. The Bertz CT molecular complexity index is 2580. The fourth-order valence-electron chi connectivity index (χ4n) is 10.0. The second-order valence-corrected chi connectivity index (χ2v) is 21.2. The lowest BCUT2D eigenvalue weighted by molar-refractivity contribution is -0.146. The third kappa shape index (κ3) is 11.1. The van der Waals surface area contributed by atoms with Crippen molar-refractivity contribution in [1.29, 1.82) is 0 Å². The number of nitrogens with zero attached hydrogens (tertiary/aromatic N) is 2. The molecule has 1 aliphatic carbocycles. The fraction of sp³-hybridized carbons (Fsp3) is 0.393. The molecule has 1 aliphatic rings. The molecule has 5 nitrogen and oxygen atoms in total. The number of carbonyl (C=O) groups excluding carboxylic acids is 1. The highest BCUT2D eigenvalue weighted by Gasteiger charge is 2.30. The van der Waals surface area contributed by atoms with E-state index in [0.29, 0.717) is 29.2 Å². The Balaban J connectivity index is 1.31. The predicted molar refractivity (Wildman–Crippen MR) is 289 cm³/mol. The van der Waals surface area contributed by atoms with Gasteiger partial charge in [-0.2, -0.15) is 0 Å². The van der Waals surface area contributed by atoms with Crippen LogP contribution in [0.5, 0.6) is 0 Å². The topological polar surface area (TPSA) is 44.8 Å². The molecule has 7 rings (SSSR count). The molecule has 0 amide bonds. The summed E-state index contributed by atoms with van der Waals surface area (Å²) < 4.78 is 8.34. The summed E-state index contributed by atoms with van der Waals surface area (Å²) in [5, 5.41) is 6.24. The van der Waals surface area contributed by atoms with Crippen molar-refractivity contribution >= 4 is 51.4 Å². The molecule has 0 heterocycles. The SMILES string of the molecule is C=C(C)C(=O)OC1CCCCC1Nc1ccc(C(c2ccc(N(C)Sc3c(C(C)C)cccc3C(C)C)cc2)c2ccc(N(CCC)c3c(C(C)C)cccc3C(C)C)cc2)c2ccccc12. The van der Waals surface area contributed by atoms with Crippen molar-refractivity contribution in [3.63, 3.8) is 0 Å². The minimum Gasteiger partial charge on any atom is -0.457 e. The molecule has 6 aromatic carbocycles. The lowest BCUT2D eigenvalue weighted by Gasteiger charge is -2.33. The van der Waals surface area contributed by atoms with E-state index in [0.717, 1.165) is 55.4 Å². The van der Waals surface area contributed by atoms with Gasteiger partial charge in [0.05, 0.1) is 6.04 Å². The Morgan fingerprint density at radius 3 is 1.72 bits per heavy atom. The molecule has 0 spiro atoms. The molecule has 3 atom stereocenters. The van der Waals surface area contributed by atoms with Crippen molar-refractivity contribution in [2.75, 3.05) is 28.1 Å². The van der Waals surface area contributed by atoms with E-state index in [2.05, 4.69) is 212 Å². The molecule has 6 heteroatoms. The van der Waals surface area contributed by atoms with Crippen LogP contribution in [0.2, 0.25) is 0 Å². The Hall–Kier alpha value is -5.46. The molecule has 1 saturated carbocycles. The zero-order valence-electron chi connectivity index (χ0n) is 42.2. The first-order chi connectivity index (χ1) is 32.2. The van der Waals surface area contributed by atoms with E-state index in [1.54, 1.807) is 6.92 Å². The van der Waals surface area contributed by atoms with Crippen LogP contribution in [-0.4, -0.2) is 31.7 Å². The van der Waals surface area contributed by atoms with Gasteiger partial charge in [0.25, 0.3) is 0 Å². The minimum atomic E-state index is -0.313. The lowest BCUT2D eigenvalue weighted by atomic mass is 9.82. The van der Waals surface area contributed by atoms with Crippen molar-refractivity contribution in [3.8, 4) is 0 Å². The molecule has 0 aromatic heterocycles. The maximum Gasteiger partial charge on any atom is 0.333 e. The van der Waals surface area contributed by atoms with Crippen molar-refractivity contribution in [2.45, 2.75) is 148 Å². The zero-order chi connectivity index (χ0) is 47.9. The van der Waals surface area contributed by atoms with Crippen LogP contribution < -0.4 is 14.5 Å². The minimum absolute atomic E-state index is 0.0178. The number of hydrogen-bond donors (Lipinski definition) is 1. The maximum absolute atomic E-state index is 12.7. The Morgan fingerprint density at radius 2 is 1.18 bits per heavy atom. The number of para-hydroxylation sites is 1. The van der Waals surface area contributed by atoms with Gasteiger partial charge in [0.2, 0.25) is 0 Å². The second kappa shape index (κ2) is 22.1. The van der Waals surface area contributed by atoms with Gasteiger partial charge in [-0.05, 0) is 143 Å². The van der Waals surface area contributed by atoms with Crippen molar-refractivity contribution in [2.24, 2.45) is 0 Å². The second-order valence-electron chi connectivity index (χ2n) is 20.0. The van der Waals surface area contributed by atoms with E-state index >= 15 is 0 Å². The number of hydrogen-bond acceptors (Lipinski definition) is 6. The third-order valence-corrected chi connectivity index (χ3v) is 14.8. The van der Waals surface area contributed by atoms with Crippen LogP contribution in [0.1, 0.15) is 170 Å². The third-order valence-electron chi connectivity index (χ3n) is 13.7. The molecule has 3 unspecified atom stereocenters. The Labute approximate surface area is 407 Å². The Kier molecular flexibility index (Phi) is 16.3. The molecule has 6 aromatic rings. The summed E-state index contributed by atoms with van der Waals surface area (Å²) >= 11 is 1.84. The highest BCUT2D eigenvalue weighted by molar-refractivity contribution is 8.00. The van der Waals surface area contributed by atoms with Crippen LogP contribution in [0.15, 0.2) is 138 Å². The van der Waals surface area contributed by atoms with Gasteiger partial charge in [0, 0.05) is 58.1 Å². The van der Waals surface area contributed by atoms with Gasteiger partial charge >= 0.3 is 5.97 Å². The molecular formula is C61H75N3O2S. The van der Waals surface area contributed by atoms with Gasteiger partial charge in [-0.25, -0.2) is 4.79 Å². The van der Waals surface area contributed by atoms with Gasteiger partial charge in [-0.3, -0.25) is 0 Å². The molecule has 0 radical (unpaired) electrons. The average molecular weight is 914 g/mol. The molecule has 0 aliphatic heterocycles. The largest absolute Gasteiger partial charge is 0.457 e. The van der Waals surface area contributed by atoms with Gasteiger partial charge in [0.15, 0.2) is 0 Å². The van der Waals surface area contributed by atoms with E-state index in [1.165, 1.54) is 60.6 Å². The zero-order valence-corrected chi connectivity index (χ0v) is 43.0. The van der Waals surface area contributed by atoms with Gasteiger partial charge in [-0.1, -0.05) is 166 Å².